The Kier molecular flexibility index (Phi) is 6.24. The number of hydrogen-bond donors (Lipinski definition) is 0. The molecule has 0 unspecified atom stereocenters. The van der Waals surface area contributed by atoms with E-state index in [2.05, 4.69) is 15.9 Å². The minimum Gasteiger partial charge on any atom is -0.448 e. The van der Waals surface area contributed by atoms with Crippen molar-refractivity contribution in [1.82, 2.24) is 4.57 Å². The molecule has 14 heavy (non-hydrogen) atoms. The van der Waals surface area contributed by atoms with Gasteiger partial charge in [-0.15, -0.1) is 0 Å². The van der Waals surface area contributed by atoms with Gasteiger partial charge in [0.25, 0.3) is 0 Å². The zero-order chi connectivity index (χ0) is 10.1. The zero-order valence-corrected chi connectivity index (χ0v) is 12.1. The van der Waals surface area contributed by atoms with Gasteiger partial charge in [-0.1, -0.05) is 0 Å². The molecule has 0 aromatic carbocycles. The summed E-state index contributed by atoms with van der Waals surface area (Å²) in [7, 11) is 0. The molecule has 72 valence electrons. The van der Waals surface area contributed by atoms with Crippen molar-refractivity contribution in [1.29, 1.82) is 0 Å². The average molecular weight is 294 g/mol. The van der Waals surface area contributed by atoms with Crippen LogP contribution in [-0.4, -0.2) is 11.5 Å². The maximum Gasteiger partial charge on any atom is 1.00 e. The van der Waals surface area contributed by atoms with Crippen LogP contribution in [0.15, 0.2) is 27.6 Å². The Labute approximate surface area is 129 Å². The minimum absolute atomic E-state index is 0. The quantitative estimate of drug-likeness (QED) is 0.642. The van der Waals surface area contributed by atoms with Crippen LogP contribution in [0, 0.1) is 0 Å². The number of pyridine rings is 1. The summed E-state index contributed by atoms with van der Waals surface area (Å²) >= 11 is 2.98. The first-order valence-electron chi connectivity index (χ1n) is 3.45. The Bertz CT molecular complexity index is 367. The molecule has 0 saturated carbocycles. The van der Waals surface area contributed by atoms with E-state index in [4.69, 9.17) is 0 Å². The first-order valence-corrected chi connectivity index (χ1v) is 4.25. The van der Waals surface area contributed by atoms with Crippen LogP contribution in [0.1, 0.15) is 0 Å². The predicted octanol–water partition coefficient (Wildman–Crippen LogP) is -0.999. The largest absolute Gasteiger partial charge is 1.00 e. The van der Waals surface area contributed by atoms with E-state index in [0.29, 0.717) is 9.04 Å². The molecule has 0 saturated heterocycles. The monoisotopic (exact) mass is 293 g/mol. The summed E-state index contributed by atoms with van der Waals surface area (Å²) < 4.78 is 36.9. The zero-order valence-electron chi connectivity index (χ0n) is 7.38. The Hall–Kier alpha value is 0.921. The summed E-state index contributed by atoms with van der Waals surface area (Å²) in [6, 6.07) is 2.49. The van der Waals surface area contributed by atoms with E-state index >= 15 is 0 Å². The van der Waals surface area contributed by atoms with Crippen LogP contribution in [0.2, 0.25) is 0 Å². The smallest absolute Gasteiger partial charge is 0.448 e. The molecule has 0 amide bonds. The second-order valence-corrected chi connectivity index (χ2v) is 3.46. The van der Waals surface area contributed by atoms with E-state index < -0.39 is 19.0 Å². The summed E-state index contributed by atoms with van der Waals surface area (Å²) in [6.45, 7) is -4.97. The van der Waals surface area contributed by atoms with Crippen molar-refractivity contribution in [3.8, 4) is 0 Å². The van der Waals surface area contributed by atoms with Crippen molar-refractivity contribution < 1.29 is 64.3 Å². The van der Waals surface area contributed by atoms with Gasteiger partial charge in [0.1, 0.15) is 0 Å². The molecule has 8 heteroatoms. The molecule has 0 fully saturated rings. The first-order chi connectivity index (χ1) is 5.88. The van der Waals surface area contributed by atoms with Gasteiger partial charge in [0.05, 0.1) is 0 Å². The molecule has 1 rings (SSSR count). The molecule has 1 aromatic heterocycles. The van der Waals surface area contributed by atoms with Gasteiger partial charge >= 0.3 is 58.4 Å². The van der Waals surface area contributed by atoms with E-state index in [1.54, 1.807) is 0 Å². The summed E-state index contributed by atoms with van der Waals surface area (Å²) in [4.78, 5) is 10.9. The topological polar surface area (TPSA) is 22.0 Å². The number of nitrogens with zero attached hydrogens (tertiary/aromatic N) is 1. The fourth-order valence-corrected chi connectivity index (χ4v) is 1.25. The number of aromatic nitrogens is 1. The van der Waals surface area contributed by atoms with Gasteiger partial charge in [-0.3, -0.25) is 4.79 Å². The van der Waals surface area contributed by atoms with Crippen LogP contribution < -0.4 is 56.9 Å². The van der Waals surface area contributed by atoms with E-state index in [1.165, 1.54) is 6.07 Å². The normalized spacial score (nSPS) is 10.9. The molecule has 2 nitrogen and oxygen atoms in total. The van der Waals surface area contributed by atoms with E-state index in [1.807, 2.05) is 0 Å². The molecule has 0 radical (unpaired) electrons. The van der Waals surface area contributed by atoms with Gasteiger partial charge in [0.15, 0.2) is 0 Å². The van der Waals surface area contributed by atoms with Crippen LogP contribution >= 0.6 is 15.9 Å². The van der Waals surface area contributed by atoms with Gasteiger partial charge in [0.2, 0.25) is 5.56 Å². The first kappa shape index (κ1) is 14.9. The standard InChI is InChI=1S/C6H5BBrF3NO.K/c8-5-1-2-6(13)12(3-5)4-7(9,10)11;/h1-3H,4H2;/q-1;+1. The van der Waals surface area contributed by atoms with Crippen molar-refractivity contribution in [2.75, 3.05) is 0 Å². The maximum atomic E-state index is 11.9. The van der Waals surface area contributed by atoms with Gasteiger partial charge in [-0.2, -0.15) is 0 Å². The van der Waals surface area contributed by atoms with Crippen LogP contribution in [-0.2, 0) is 6.44 Å². The summed E-state index contributed by atoms with van der Waals surface area (Å²) in [5.41, 5.74) is -0.651. The second-order valence-electron chi connectivity index (χ2n) is 2.55. The molecular formula is C6H5BBrF3KNO. The molecule has 0 aliphatic carbocycles. The van der Waals surface area contributed by atoms with Crippen molar-refractivity contribution >= 4 is 22.9 Å². The van der Waals surface area contributed by atoms with Crippen molar-refractivity contribution in [3.63, 3.8) is 0 Å². The molecule has 0 N–H and O–H groups in total. The predicted molar refractivity (Wildman–Crippen MR) is 47.5 cm³/mol. The maximum absolute atomic E-state index is 11.9. The molecule has 0 atom stereocenters. The van der Waals surface area contributed by atoms with E-state index in [9.17, 15) is 17.7 Å². The molecule has 0 aliphatic heterocycles. The third-order valence-electron chi connectivity index (χ3n) is 1.35. The van der Waals surface area contributed by atoms with Crippen LogP contribution in [0.5, 0.6) is 0 Å². The Morgan fingerprint density at radius 3 is 2.43 bits per heavy atom. The molecule has 0 spiro atoms. The average Bonchev–Trinajstić information content (AvgIpc) is 1.94. The molecule has 0 bridgehead atoms. The number of hydrogen-bond acceptors (Lipinski definition) is 1. The SMILES string of the molecule is O=c1ccc(Br)cn1C[B-](F)(F)F.[K+]. The Morgan fingerprint density at radius 1 is 1.36 bits per heavy atom. The van der Waals surface area contributed by atoms with Crippen LogP contribution in [0.25, 0.3) is 0 Å². The summed E-state index contributed by atoms with van der Waals surface area (Å²) in [6.07, 6.45) is -0.0736. The van der Waals surface area contributed by atoms with Gasteiger partial charge in [-0.25, -0.2) is 0 Å². The summed E-state index contributed by atoms with van der Waals surface area (Å²) in [5, 5.41) is 0. The van der Waals surface area contributed by atoms with Crippen molar-refractivity contribution in [3.05, 3.63) is 33.2 Å². The van der Waals surface area contributed by atoms with Crippen LogP contribution in [0.3, 0.4) is 0 Å². The molecular weight excluding hydrogens is 289 g/mol. The van der Waals surface area contributed by atoms with Gasteiger partial charge in [0, 0.05) is 16.7 Å². The molecule has 1 heterocycles. The van der Waals surface area contributed by atoms with Crippen LogP contribution in [0.4, 0.5) is 12.9 Å². The Balaban J connectivity index is 0.00000169. The van der Waals surface area contributed by atoms with Gasteiger partial charge < -0.3 is 17.5 Å². The fraction of sp³-hybridized carbons (Fsp3) is 0.167. The van der Waals surface area contributed by atoms with Gasteiger partial charge in [-0.05, 0) is 28.4 Å². The summed E-state index contributed by atoms with van der Waals surface area (Å²) in [5.74, 6) is 0. The third kappa shape index (κ3) is 5.13. The van der Waals surface area contributed by atoms with E-state index in [0.717, 1.165) is 12.3 Å². The number of halogens is 4. The molecule has 1 aromatic rings. The Morgan fingerprint density at radius 2 is 1.93 bits per heavy atom. The number of rotatable bonds is 2. The third-order valence-corrected chi connectivity index (χ3v) is 1.82. The fourth-order valence-electron chi connectivity index (χ4n) is 0.868. The second kappa shape index (κ2) is 5.86. The van der Waals surface area contributed by atoms with Crippen molar-refractivity contribution in [2.45, 2.75) is 6.44 Å². The van der Waals surface area contributed by atoms with Crippen molar-refractivity contribution in [2.24, 2.45) is 0 Å². The minimum atomic E-state index is -4.97. The van der Waals surface area contributed by atoms with E-state index in [-0.39, 0.29) is 51.4 Å². The molecule has 0 aliphatic rings.